The Balaban J connectivity index is 1.50. The monoisotopic (exact) mass is 407 g/mol. The van der Waals surface area contributed by atoms with Crippen LogP contribution in [-0.2, 0) is 4.79 Å². The molecule has 1 heterocycles. The number of benzene rings is 2. The summed E-state index contributed by atoms with van der Waals surface area (Å²) >= 11 is 0.481. The maximum absolute atomic E-state index is 12.5. The highest BCUT2D eigenvalue weighted by molar-refractivity contribution is 7.99. The van der Waals surface area contributed by atoms with Gasteiger partial charge in [-0.15, -0.1) is 0 Å². The Labute approximate surface area is 167 Å². The van der Waals surface area contributed by atoms with Gasteiger partial charge in [-0.25, -0.2) is 0 Å². The molecule has 0 bridgehead atoms. The van der Waals surface area contributed by atoms with Crippen LogP contribution < -0.4 is 10.2 Å². The van der Waals surface area contributed by atoms with Crippen LogP contribution in [0.5, 0.6) is 5.75 Å². The topological polar surface area (TPSA) is 55.8 Å². The van der Waals surface area contributed by atoms with E-state index in [2.05, 4.69) is 15.1 Å². The minimum absolute atomic E-state index is 0.118. The first-order valence-electron chi connectivity index (χ1n) is 9.06. The summed E-state index contributed by atoms with van der Waals surface area (Å²) in [6.45, 7) is 4.95. The molecule has 0 saturated carbocycles. The van der Waals surface area contributed by atoms with Crippen LogP contribution in [-0.4, -0.2) is 53.9 Å². The highest BCUT2D eigenvalue weighted by atomic mass is 32.2. The van der Waals surface area contributed by atoms with Crippen LogP contribution in [0.4, 0.5) is 20.2 Å². The van der Waals surface area contributed by atoms with Crippen molar-refractivity contribution in [1.29, 1.82) is 0 Å². The van der Waals surface area contributed by atoms with E-state index in [0.29, 0.717) is 22.3 Å². The largest absolute Gasteiger partial charge is 0.508 e. The Morgan fingerprint density at radius 3 is 2.21 bits per heavy atom. The van der Waals surface area contributed by atoms with Gasteiger partial charge in [-0.05, 0) is 55.5 Å². The van der Waals surface area contributed by atoms with Crippen LogP contribution in [0.3, 0.4) is 0 Å². The summed E-state index contributed by atoms with van der Waals surface area (Å²) in [4.78, 5) is 17.3. The van der Waals surface area contributed by atoms with Crippen LogP contribution in [0.2, 0.25) is 0 Å². The smallest absolute Gasteiger partial charge is 0.288 e. The van der Waals surface area contributed by atoms with Crippen molar-refractivity contribution >= 4 is 29.0 Å². The molecular formula is C20H23F2N3O2S. The van der Waals surface area contributed by atoms with Crippen molar-refractivity contribution in [2.24, 2.45) is 0 Å². The minimum Gasteiger partial charge on any atom is -0.508 e. The first-order valence-corrected chi connectivity index (χ1v) is 9.94. The number of nitrogens with one attached hydrogen (secondary N) is 1. The van der Waals surface area contributed by atoms with E-state index in [9.17, 15) is 18.7 Å². The van der Waals surface area contributed by atoms with Crippen LogP contribution in [0.1, 0.15) is 6.92 Å². The number of carbonyl (C=O) groups excluding carboxylic acids is 1. The predicted molar refractivity (Wildman–Crippen MR) is 108 cm³/mol. The van der Waals surface area contributed by atoms with Crippen molar-refractivity contribution in [1.82, 2.24) is 4.90 Å². The van der Waals surface area contributed by atoms with E-state index >= 15 is 0 Å². The lowest BCUT2D eigenvalue weighted by Gasteiger charge is -2.38. The fourth-order valence-corrected chi connectivity index (χ4v) is 3.66. The third kappa shape index (κ3) is 5.36. The molecule has 3 rings (SSSR count). The Morgan fingerprint density at radius 2 is 1.64 bits per heavy atom. The van der Waals surface area contributed by atoms with E-state index in [4.69, 9.17) is 0 Å². The molecule has 8 heteroatoms. The number of halogens is 2. The predicted octanol–water partition coefficient (Wildman–Crippen LogP) is 3.86. The number of carbonyl (C=O) groups is 1. The normalized spacial score (nSPS) is 16.2. The number of anilines is 2. The van der Waals surface area contributed by atoms with Crippen molar-refractivity contribution in [3.05, 3.63) is 48.5 Å². The van der Waals surface area contributed by atoms with E-state index < -0.39 is 5.76 Å². The number of aromatic hydroxyl groups is 1. The summed E-state index contributed by atoms with van der Waals surface area (Å²) in [6, 6.07) is 13.2. The van der Waals surface area contributed by atoms with E-state index in [1.54, 1.807) is 36.4 Å². The van der Waals surface area contributed by atoms with Crippen molar-refractivity contribution in [3.8, 4) is 5.75 Å². The number of thioether (sulfide) groups is 1. The first kappa shape index (κ1) is 20.4. The number of hydrogen-bond acceptors (Lipinski definition) is 5. The minimum atomic E-state index is -2.46. The molecule has 0 unspecified atom stereocenters. The molecule has 0 aromatic heterocycles. The SMILES string of the molecule is C[C@@H](C(=O)Nc1ccc(SC(F)F)cc1)N1CCN(c2ccc(O)cc2)CC1. The van der Waals surface area contributed by atoms with Crippen LogP contribution in [0, 0.1) is 0 Å². The number of piperazine rings is 1. The summed E-state index contributed by atoms with van der Waals surface area (Å²) < 4.78 is 24.7. The van der Waals surface area contributed by atoms with E-state index in [0.717, 1.165) is 31.9 Å². The second-order valence-corrected chi connectivity index (χ2v) is 7.67. The van der Waals surface area contributed by atoms with Gasteiger partial charge >= 0.3 is 0 Å². The zero-order valence-electron chi connectivity index (χ0n) is 15.5. The maximum Gasteiger partial charge on any atom is 0.288 e. The molecule has 28 heavy (non-hydrogen) atoms. The molecule has 0 aliphatic carbocycles. The molecule has 1 atom stereocenters. The van der Waals surface area contributed by atoms with Crippen LogP contribution in [0.15, 0.2) is 53.4 Å². The summed E-state index contributed by atoms with van der Waals surface area (Å²) in [5.41, 5.74) is 1.65. The third-order valence-corrected chi connectivity index (χ3v) is 5.53. The fraction of sp³-hybridized carbons (Fsp3) is 0.350. The van der Waals surface area contributed by atoms with Crippen molar-refractivity contribution in [3.63, 3.8) is 0 Å². The van der Waals surface area contributed by atoms with E-state index in [-0.39, 0.29) is 17.7 Å². The molecule has 5 nitrogen and oxygen atoms in total. The van der Waals surface area contributed by atoms with Crippen molar-refractivity contribution in [2.75, 3.05) is 36.4 Å². The molecule has 1 amide bonds. The average Bonchev–Trinajstić information content (AvgIpc) is 2.69. The zero-order valence-corrected chi connectivity index (χ0v) is 16.3. The molecular weight excluding hydrogens is 384 g/mol. The molecule has 150 valence electrons. The number of alkyl halides is 2. The van der Waals surface area contributed by atoms with Gasteiger partial charge in [-0.2, -0.15) is 8.78 Å². The number of hydrogen-bond donors (Lipinski definition) is 2. The second kappa shape index (κ2) is 9.25. The van der Waals surface area contributed by atoms with Gasteiger partial charge in [0.15, 0.2) is 0 Å². The fourth-order valence-electron chi connectivity index (χ4n) is 3.16. The Morgan fingerprint density at radius 1 is 1.04 bits per heavy atom. The molecule has 1 saturated heterocycles. The van der Waals surface area contributed by atoms with E-state index in [1.165, 1.54) is 0 Å². The average molecular weight is 407 g/mol. The first-order chi connectivity index (χ1) is 13.4. The van der Waals surface area contributed by atoms with Gasteiger partial charge in [0.25, 0.3) is 5.76 Å². The van der Waals surface area contributed by atoms with Gasteiger partial charge in [0.2, 0.25) is 5.91 Å². The van der Waals surface area contributed by atoms with Gasteiger partial charge in [0, 0.05) is 42.4 Å². The summed E-state index contributed by atoms with van der Waals surface area (Å²) in [7, 11) is 0. The van der Waals surface area contributed by atoms with Gasteiger partial charge in [-0.1, -0.05) is 11.8 Å². The van der Waals surface area contributed by atoms with Crippen LogP contribution in [0.25, 0.3) is 0 Å². The van der Waals surface area contributed by atoms with Crippen molar-refractivity contribution < 1.29 is 18.7 Å². The van der Waals surface area contributed by atoms with Crippen molar-refractivity contribution in [2.45, 2.75) is 23.6 Å². The molecule has 1 fully saturated rings. The second-order valence-electron chi connectivity index (χ2n) is 6.61. The number of phenolic OH excluding ortho intramolecular Hbond substituents is 1. The van der Waals surface area contributed by atoms with Gasteiger partial charge in [0.05, 0.1) is 6.04 Å². The lowest BCUT2D eigenvalue weighted by atomic mass is 10.2. The zero-order chi connectivity index (χ0) is 20.1. The third-order valence-electron chi connectivity index (χ3n) is 4.80. The van der Waals surface area contributed by atoms with E-state index in [1.807, 2.05) is 19.1 Å². The molecule has 0 radical (unpaired) electrons. The maximum atomic E-state index is 12.5. The quantitative estimate of drug-likeness (QED) is 0.713. The summed E-state index contributed by atoms with van der Waals surface area (Å²) in [5, 5.41) is 12.2. The number of amides is 1. The molecule has 2 aromatic carbocycles. The summed E-state index contributed by atoms with van der Waals surface area (Å²) in [5.74, 6) is -2.33. The Bertz CT molecular complexity index is 779. The molecule has 1 aliphatic rings. The molecule has 2 N–H and O–H groups in total. The number of phenols is 1. The summed E-state index contributed by atoms with van der Waals surface area (Å²) in [6.07, 6.45) is 0. The lowest BCUT2D eigenvalue weighted by Crippen LogP contribution is -2.52. The standard InChI is InChI=1S/C20H23F2N3O2S/c1-14(19(27)23-15-2-8-18(9-3-15)28-20(21)22)24-10-12-25(13-11-24)16-4-6-17(26)7-5-16/h2-9,14,20,26H,10-13H2,1H3,(H,23,27)/t14-/m0/s1. The number of nitrogens with zero attached hydrogens (tertiary/aromatic N) is 2. The van der Waals surface area contributed by atoms with Crippen LogP contribution >= 0.6 is 11.8 Å². The molecule has 0 spiro atoms. The van der Waals surface area contributed by atoms with Gasteiger partial charge < -0.3 is 15.3 Å². The number of rotatable bonds is 6. The Kier molecular flexibility index (Phi) is 6.74. The highest BCUT2D eigenvalue weighted by Gasteiger charge is 2.25. The Hall–Kier alpha value is -2.32. The van der Waals surface area contributed by atoms with Gasteiger partial charge in [0.1, 0.15) is 5.75 Å². The highest BCUT2D eigenvalue weighted by Crippen LogP contribution is 2.26. The van der Waals surface area contributed by atoms with Gasteiger partial charge in [-0.3, -0.25) is 9.69 Å². The molecule has 2 aromatic rings. The molecule has 1 aliphatic heterocycles. The lowest BCUT2D eigenvalue weighted by molar-refractivity contribution is -0.120.